The largest absolute Gasteiger partial charge is 0.458 e. The minimum Gasteiger partial charge on any atom is -0.458 e. The molecule has 5 N–H and O–H groups in total. The predicted octanol–water partition coefficient (Wildman–Crippen LogP) is 3.42. The van der Waals surface area contributed by atoms with Crippen molar-refractivity contribution in [2.24, 2.45) is 16.7 Å². The van der Waals surface area contributed by atoms with Crippen LogP contribution >= 0.6 is 0 Å². The highest BCUT2D eigenvalue weighted by molar-refractivity contribution is 5.87. The van der Waals surface area contributed by atoms with Gasteiger partial charge in [0.15, 0.2) is 6.29 Å². The Balaban J connectivity index is 1.29. The topological polar surface area (TPSA) is 155 Å². The molecule has 3 saturated carbocycles. The van der Waals surface area contributed by atoms with E-state index in [0.717, 1.165) is 11.1 Å². The number of carbonyl (C=O) groups is 1. The highest BCUT2D eigenvalue weighted by Crippen LogP contribution is 2.71. The summed E-state index contributed by atoms with van der Waals surface area (Å²) in [4.78, 5) is 13.4. The van der Waals surface area contributed by atoms with Crippen LogP contribution in [0.25, 0.3) is 6.08 Å². The molecule has 4 aliphatic carbocycles. The summed E-state index contributed by atoms with van der Waals surface area (Å²) in [5.74, 6) is -1.12. The molecule has 1 heterocycles. The average molecular weight is 657 g/mol. The molecule has 0 amide bonds. The monoisotopic (exact) mass is 656 g/mol. The van der Waals surface area contributed by atoms with Crippen molar-refractivity contribution < 1.29 is 49.3 Å². The van der Waals surface area contributed by atoms with Crippen molar-refractivity contribution in [3.05, 3.63) is 53.6 Å². The summed E-state index contributed by atoms with van der Waals surface area (Å²) in [5.41, 5.74) is -5.48. The molecule has 1 aromatic rings. The summed E-state index contributed by atoms with van der Waals surface area (Å²) in [5, 5.41) is 58.8. The van der Waals surface area contributed by atoms with Gasteiger partial charge in [0, 0.05) is 25.5 Å². The number of hydrogen-bond donors (Lipinski definition) is 5. The summed E-state index contributed by atoms with van der Waals surface area (Å²) in [6, 6.07) is 9.35. The van der Waals surface area contributed by atoms with Gasteiger partial charge in [0.2, 0.25) is 0 Å². The van der Waals surface area contributed by atoms with Gasteiger partial charge in [-0.3, -0.25) is 0 Å². The van der Waals surface area contributed by atoms with Crippen LogP contribution in [0.1, 0.15) is 84.6 Å². The van der Waals surface area contributed by atoms with Crippen LogP contribution in [0.3, 0.4) is 0 Å². The van der Waals surface area contributed by atoms with Crippen LogP contribution in [0, 0.1) is 16.7 Å². The fourth-order valence-electron chi connectivity index (χ4n) is 10.1. The first kappa shape index (κ1) is 34.7. The second-order valence-electron chi connectivity index (χ2n) is 15.2. The molecule has 4 fully saturated rings. The minimum atomic E-state index is -1.86. The average Bonchev–Trinajstić information content (AvgIpc) is 3.27. The Morgan fingerprint density at radius 2 is 1.81 bits per heavy atom. The Morgan fingerprint density at radius 3 is 2.49 bits per heavy atom. The fourth-order valence-corrected chi connectivity index (χ4v) is 10.1. The molecule has 47 heavy (non-hydrogen) atoms. The van der Waals surface area contributed by atoms with E-state index in [1.165, 1.54) is 13.0 Å². The molecule has 10 nitrogen and oxygen atoms in total. The van der Waals surface area contributed by atoms with Crippen LogP contribution in [0.4, 0.5) is 0 Å². The lowest BCUT2D eigenvalue weighted by molar-refractivity contribution is -0.326. The Hall–Kier alpha value is -2.15. The maximum Gasteiger partial charge on any atom is 0.331 e. The molecule has 0 radical (unpaired) electrons. The smallest absolute Gasteiger partial charge is 0.331 e. The first-order valence-corrected chi connectivity index (χ1v) is 17.1. The van der Waals surface area contributed by atoms with E-state index in [-0.39, 0.29) is 37.9 Å². The highest BCUT2D eigenvalue weighted by atomic mass is 16.7. The maximum absolute atomic E-state index is 13.4. The third-order valence-electron chi connectivity index (χ3n) is 13.1. The predicted molar refractivity (Wildman–Crippen MR) is 173 cm³/mol. The van der Waals surface area contributed by atoms with Crippen LogP contribution in [-0.2, 0) is 23.7 Å². The summed E-state index contributed by atoms with van der Waals surface area (Å²) in [6.45, 7) is 7.05. The first-order valence-electron chi connectivity index (χ1n) is 17.1. The minimum absolute atomic E-state index is 0.0422. The molecule has 10 heteroatoms. The molecule has 6 rings (SSSR count). The number of rotatable bonds is 7. The van der Waals surface area contributed by atoms with Crippen molar-refractivity contribution in [2.45, 2.75) is 139 Å². The lowest BCUT2D eigenvalue weighted by Gasteiger charge is -2.67. The molecular weight excluding hydrogens is 604 g/mol. The van der Waals surface area contributed by atoms with Crippen molar-refractivity contribution in [2.75, 3.05) is 7.11 Å². The zero-order valence-corrected chi connectivity index (χ0v) is 28.2. The number of aliphatic hydroxyl groups is 5. The van der Waals surface area contributed by atoms with Crippen LogP contribution in [-0.4, -0.2) is 98.3 Å². The van der Waals surface area contributed by atoms with Crippen LogP contribution in [0.2, 0.25) is 0 Å². The molecule has 1 aliphatic heterocycles. The van der Waals surface area contributed by atoms with Crippen molar-refractivity contribution in [3.8, 4) is 0 Å². The first-order chi connectivity index (χ1) is 22.1. The summed E-state index contributed by atoms with van der Waals surface area (Å²) >= 11 is 0. The Labute approximate surface area is 277 Å². The summed E-state index contributed by atoms with van der Waals surface area (Å²) in [6.07, 6.45) is 3.35. The molecule has 0 unspecified atom stereocenters. The standard InChI is InChI=1S/C37H52O10/c1-22-32(40)27(44-5)20-31(45-22)46-26-14-15-33(3)25(19-26)13-16-36(42)28(33)21-29(47-30(39)12-11-24-9-7-6-8-10-24)34(4)35(41,23(2)38)17-18-37(34,36)43/h6-13,22-23,26-29,31-32,38,40-43H,14-21H2,1-5H3/t22-,23+,26+,27+,28-,29-,31+,32-,33+,34-,35-,36+,37-/m1/s1. The van der Waals surface area contributed by atoms with E-state index in [9.17, 15) is 30.3 Å². The van der Waals surface area contributed by atoms with Gasteiger partial charge < -0.3 is 44.5 Å². The van der Waals surface area contributed by atoms with Crippen LogP contribution < -0.4 is 0 Å². The summed E-state index contributed by atoms with van der Waals surface area (Å²) in [7, 11) is 1.57. The van der Waals surface area contributed by atoms with E-state index >= 15 is 0 Å². The number of methoxy groups -OCH3 is 1. The van der Waals surface area contributed by atoms with Crippen LogP contribution in [0.5, 0.6) is 0 Å². The van der Waals surface area contributed by atoms with E-state index in [0.29, 0.717) is 25.7 Å². The molecule has 0 aromatic heterocycles. The third-order valence-corrected chi connectivity index (χ3v) is 13.1. The van der Waals surface area contributed by atoms with Crippen molar-refractivity contribution in [1.29, 1.82) is 0 Å². The lowest BCUT2D eigenvalue weighted by Crippen LogP contribution is -2.78. The molecule has 1 aromatic carbocycles. The van der Waals surface area contributed by atoms with Gasteiger partial charge in [-0.2, -0.15) is 0 Å². The Morgan fingerprint density at radius 1 is 1.09 bits per heavy atom. The Bertz CT molecular complexity index is 1380. The lowest BCUT2D eigenvalue weighted by atomic mass is 9.42. The number of ether oxygens (including phenoxy) is 4. The van der Waals surface area contributed by atoms with E-state index in [1.54, 1.807) is 27.0 Å². The van der Waals surface area contributed by atoms with Crippen molar-refractivity contribution in [3.63, 3.8) is 0 Å². The fraction of sp³-hybridized carbons (Fsp3) is 0.703. The molecule has 0 spiro atoms. The molecular formula is C37H52O10. The van der Waals surface area contributed by atoms with E-state index in [2.05, 4.69) is 6.92 Å². The van der Waals surface area contributed by atoms with Gasteiger partial charge in [-0.15, -0.1) is 0 Å². The molecule has 0 bridgehead atoms. The van der Waals surface area contributed by atoms with E-state index in [1.807, 2.05) is 36.4 Å². The number of fused-ring (bicyclic) bond motifs is 5. The second kappa shape index (κ2) is 12.3. The van der Waals surface area contributed by atoms with Gasteiger partial charge in [0.25, 0.3) is 0 Å². The zero-order chi connectivity index (χ0) is 34.0. The normalized spacial score (nSPS) is 47.0. The van der Waals surface area contributed by atoms with Gasteiger partial charge >= 0.3 is 5.97 Å². The third kappa shape index (κ3) is 5.26. The van der Waals surface area contributed by atoms with Crippen LogP contribution in [0.15, 0.2) is 48.1 Å². The molecule has 13 atom stereocenters. The molecule has 5 aliphatic rings. The zero-order valence-electron chi connectivity index (χ0n) is 28.2. The number of carbonyl (C=O) groups excluding carboxylic acids is 1. The Kier molecular flexibility index (Phi) is 9.09. The quantitative estimate of drug-likeness (QED) is 0.168. The van der Waals surface area contributed by atoms with Gasteiger partial charge in [0.05, 0.1) is 29.8 Å². The second-order valence-corrected chi connectivity index (χ2v) is 15.2. The van der Waals surface area contributed by atoms with Crippen molar-refractivity contribution in [1.82, 2.24) is 0 Å². The van der Waals surface area contributed by atoms with Gasteiger partial charge in [-0.05, 0) is 75.8 Å². The number of benzene rings is 1. The van der Waals surface area contributed by atoms with E-state index in [4.69, 9.17) is 18.9 Å². The summed E-state index contributed by atoms with van der Waals surface area (Å²) < 4.78 is 24.0. The highest BCUT2D eigenvalue weighted by Gasteiger charge is 2.81. The number of aliphatic hydroxyl groups excluding tert-OH is 2. The van der Waals surface area contributed by atoms with Gasteiger partial charge in [-0.1, -0.05) is 55.8 Å². The van der Waals surface area contributed by atoms with E-state index < -0.39 is 70.2 Å². The van der Waals surface area contributed by atoms with Crippen molar-refractivity contribution >= 4 is 12.0 Å². The molecule has 1 saturated heterocycles. The maximum atomic E-state index is 13.4. The number of hydrogen-bond acceptors (Lipinski definition) is 10. The SMILES string of the molecule is CO[C@H]1C[C@H](O[C@H]2CC[C@@]3(C)C(=CC[C@]4(O)[C@@H]3C[C@@H](OC(=O)C=Cc3ccccc3)[C@@]3(C)[C@]4(O)CC[C@@]3(O)[C@H](C)O)C2)O[C@H](C)[C@H]1O. The van der Waals surface area contributed by atoms with Gasteiger partial charge in [-0.25, -0.2) is 4.79 Å². The van der Waals surface area contributed by atoms with Gasteiger partial charge in [0.1, 0.15) is 29.0 Å². The molecule has 260 valence electrons. The number of esters is 1.